The van der Waals surface area contributed by atoms with Crippen LogP contribution in [0.5, 0.6) is 0 Å². The van der Waals surface area contributed by atoms with E-state index in [1.54, 1.807) is 0 Å². The number of amides is 1. The molecule has 0 saturated heterocycles. The Kier molecular flexibility index (Phi) is 5.28. The van der Waals surface area contributed by atoms with E-state index >= 15 is 0 Å². The zero-order chi connectivity index (χ0) is 13.7. The smallest absolute Gasteiger partial charge is 0.234 e. The molecule has 0 radical (unpaired) electrons. The van der Waals surface area contributed by atoms with E-state index in [1.807, 2.05) is 32.0 Å². The summed E-state index contributed by atoms with van der Waals surface area (Å²) >= 11 is 4.92. The summed E-state index contributed by atoms with van der Waals surface area (Å²) in [5.74, 6) is -0.515. The van der Waals surface area contributed by atoms with Crippen molar-refractivity contribution < 1.29 is 4.79 Å². The van der Waals surface area contributed by atoms with Crippen molar-refractivity contribution >= 4 is 28.8 Å². The lowest BCUT2D eigenvalue weighted by molar-refractivity contribution is -0.118. The van der Waals surface area contributed by atoms with Crippen molar-refractivity contribution in [1.29, 1.82) is 0 Å². The van der Waals surface area contributed by atoms with Gasteiger partial charge in [-0.2, -0.15) is 0 Å². The van der Waals surface area contributed by atoms with Crippen LogP contribution in [0.15, 0.2) is 18.2 Å². The van der Waals surface area contributed by atoms with E-state index in [0.29, 0.717) is 6.42 Å². The number of hydrogen-bond acceptors (Lipinski definition) is 2. The molecule has 0 fully saturated rings. The summed E-state index contributed by atoms with van der Waals surface area (Å²) in [5.41, 5.74) is 8.65. The zero-order valence-corrected chi connectivity index (χ0v) is 11.9. The van der Waals surface area contributed by atoms with Crippen LogP contribution >= 0.6 is 12.2 Å². The van der Waals surface area contributed by atoms with Crippen LogP contribution in [0.1, 0.15) is 31.4 Å². The van der Waals surface area contributed by atoms with Gasteiger partial charge in [-0.05, 0) is 30.9 Å². The van der Waals surface area contributed by atoms with Crippen molar-refractivity contribution in [2.24, 2.45) is 11.7 Å². The van der Waals surface area contributed by atoms with E-state index < -0.39 is 5.92 Å². The standard InChI is InChI=1S/C14H20N2OS/c1-4-10-8-6-7-9(3)12(10)16-14(17)11(5-2)13(15)18/h6-8,11H,4-5H2,1-3H3,(H2,15,18)(H,16,17). The van der Waals surface area contributed by atoms with Gasteiger partial charge in [0.25, 0.3) is 0 Å². The van der Waals surface area contributed by atoms with Crippen LogP contribution < -0.4 is 11.1 Å². The Hall–Kier alpha value is -1.42. The fourth-order valence-corrected chi connectivity index (χ4v) is 2.20. The summed E-state index contributed by atoms with van der Waals surface area (Å²) in [6, 6.07) is 6.00. The highest BCUT2D eigenvalue weighted by atomic mass is 32.1. The van der Waals surface area contributed by atoms with Crippen molar-refractivity contribution in [2.75, 3.05) is 5.32 Å². The Labute approximate surface area is 114 Å². The molecule has 3 N–H and O–H groups in total. The van der Waals surface area contributed by atoms with Gasteiger partial charge in [0.2, 0.25) is 5.91 Å². The molecule has 0 bridgehead atoms. The van der Waals surface area contributed by atoms with Crippen molar-refractivity contribution in [3.8, 4) is 0 Å². The molecule has 0 spiro atoms. The van der Waals surface area contributed by atoms with E-state index in [0.717, 1.165) is 23.2 Å². The first-order chi connectivity index (χ1) is 8.51. The zero-order valence-electron chi connectivity index (χ0n) is 11.1. The average Bonchev–Trinajstić information content (AvgIpc) is 2.32. The molecule has 98 valence electrons. The van der Waals surface area contributed by atoms with Gasteiger partial charge in [-0.25, -0.2) is 0 Å². The predicted molar refractivity (Wildman–Crippen MR) is 79.8 cm³/mol. The van der Waals surface area contributed by atoms with Gasteiger partial charge in [0, 0.05) is 5.69 Å². The first-order valence-corrected chi connectivity index (χ1v) is 6.60. The van der Waals surface area contributed by atoms with Crippen molar-refractivity contribution in [3.63, 3.8) is 0 Å². The molecule has 18 heavy (non-hydrogen) atoms. The van der Waals surface area contributed by atoms with Crippen LogP contribution in [-0.2, 0) is 11.2 Å². The maximum absolute atomic E-state index is 12.1. The van der Waals surface area contributed by atoms with Gasteiger partial charge in [0.15, 0.2) is 0 Å². The molecule has 1 atom stereocenters. The third-order valence-corrected chi connectivity index (χ3v) is 3.34. The van der Waals surface area contributed by atoms with E-state index in [2.05, 4.69) is 12.2 Å². The fourth-order valence-electron chi connectivity index (χ4n) is 1.93. The van der Waals surface area contributed by atoms with E-state index in [-0.39, 0.29) is 10.9 Å². The predicted octanol–water partition coefficient (Wildman–Crippen LogP) is 2.81. The van der Waals surface area contributed by atoms with E-state index in [9.17, 15) is 4.79 Å². The summed E-state index contributed by atoms with van der Waals surface area (Å²) in [6.45, 7) is 5.95. The molecule has 4 heteroatoms. The molecule has 1 aromatic carbocycles. The lowest BCUT2D eigenvalue weighted by atomic mass is 10.0. The van der Waals surface area contributed by atoms with Crippen LogP contribution in [-0.4, -0.2) is 10.9 Å². The maximum atomic E-state index is 12.1. The number of aryl methyl sites for hydroxylation is 2. The lowest BCUT2D eigenvalue weighted by Gasteiger charge is -2.17. The molecule has 0 aliphatic rings. The summed E-state index contributed by atoms with van der Waals surface area (Å²) < 4.78 is 0. The lowest BCUT2D eigenvalue weighted by Crippen LogP contribution is -2.33. The van der Waals surface area contributed by atoms with Gasteiger partial charge in [-0.15, -0.1) is 0 Å². The molecule has 0 aliphatic heterocycles. The first kappa shape index (κ1) is 14.6. The fraction of sp³-hybridized carbons (Fsp3) is 0.429. The third kappa shape index (κ3) is 3.29. The Morgan fingerprint density at radius 1 is 1.44 bits per heavy atom. The summed E-state index contributed by atoms with van der Waals surface area (Å²) in [6.07, 6.45) is 1.50. The van der Waals surface area contributed by atoms with Crippen LogP contribution in [0, 0.1) is 12.8 Å². The van der Waals surface area contributed by atoms with Crippen molar-refractivity contribution in [1.82, 2.24) is 0 Å². The van der Waals surface area contributed by atoms with Gasteiger partial charge in [-0.1, -0.05) is 44.3 Å². The molecule has 1 amide bonds. The molecule has 3 nitrogen and oxygen atoms in total. The van der Waals surface area contributed by atoms with Crippen molar-refractivity contribution in [2.45, 2.75) is 33.6 Å². The van der Waals surface area contributed by atoms with Crippen LogP contribution in [0.4, 0.5) is 5.69 Å². The van der Waals surface area contributed by atoms with Gasteiger partial charge in [0.05, 0.1) is 10.9 Å². The number of benzene rings is 1. The van der Waals surface area contributed by atoms with Crippen LogP contribution in [0.3, 0.4) is 0 Å². The third-order valence-electron chi connectivity index (χ3n) is 3.06. The monoisotopic (exact) mass is 264 g/mol. The SMILES string of the molecule is CCc1cccc(C)c1NC(=O)C(CC)C(N)=S. The van der Waals surface area contributed by atoms with Crippen LogP contribution in [0.2, 0.25) is 0 Å². The molecular formula is C14H20N2OS. The van der Waals surface area contributed by atoms with Crippen molar-refractivity contribution in [3.05, 3.63) is 29.3 Å². The van der Waals surface area contributed by atoms with Gasteiger partial charge < -0.3 is 11.1 Å². The molecule has 1 unspecified atom stereocenters. The molecule has 1 aromatic rings. The largest absolute Gasteiger partial charge is 0.393 e. The Balaban J connectivity index is 2.97. The minimum atomic E-state index is -0.399. The van der Waals surface area contributed by atoms with E-state index in [1.165, 1.54) is 0 Å². The number of carbonyl (C=O) groups excluding carboxylic acids is 1. The summed E-state index contributed by atoms with van der Waals surface area (Å²) in [4.78, 5) is 12.4. The summed E-state index contributed by atoms with van der Waals surface area (Å²) in [5, 5.41) is 2.96. The van der Waals surface area contributed by atoms with Gasteiger partial charge in [0.1, 0.15) is 0 Å². The van der Waals surface area contributed by atoms with Crippen LogP contribution in [0.25, 0.3) is 0 Å². The highest BCUT2D eigenvalue weighted by molar-refractivity contribution is 7.80. The number of anilines is 1. The minimum Gasteiger partial charge on any atom is -0.393 e. The molecular weight excluding hydrogens is 244 g/mol. The Morgan fingerprint density at radius 2 is 2.11 bits per heavy atom. The minimum absolute atomic E-state index is 0.117. The normalized spacial score (nSPS) is 11.9. The molecule has 1 rings (SSSR count). The summed E-state index contributed by atoms with van der Waals surface area (Å²) in [7, 11) is 0. The van der Waals surface area contributed by atoms with E-state index in [4.69, 9.17) is 18.0 Å². The number of nitrogens with two attached hydrogens (primary N) is 1. The highest BCUT2D eigenvalue weighted by Gasteiger charge is 2.20. The molecule has 0 aliphatic carbocycles. The topological polar surface area (TPSA) is 55.1 Å². The number of nitrogens with one attached hydrogen (secondary N) is 1. The molecule has 0 aromatic heterocycles. The maximum Gasteiger partial charge on any atom is 0.234 e. The van der Waals surface area contributed by atoms with Gasteiger partial charge in [-0.3, -0.25) is 4.79 Å². The highest BCUT2D eigenvalue weighted by Crippen LogP contribution is 2.22. The quantitative estimate of drug-likeness (QED) is 0.804. The Morgan fingerprint density at radius 3 is 2.61 bits per heavy atom. The second-order valence-electron chi connectivity index (χ2n) is 4.32. The average molecular weight is 264 g/mol. The second kappa shape index (κ2) is 6.50. The number of carbonyl (C=O) groups is 1. The number of para-hydroxylation sites is 1. The first-order valence-electron chi connectivity index (χ1n) is 6.19. The number of thiocarbonyl (C=S) groups is 1. The van der Waals surface area contributed by atoms with Gasteiger partial charge >= 0.3 is 0 Å². The second-order valence-corrected chi connectivity index (χ2v) is 4.79. The molecule has 0 saturated carbocycles. The molecule has 0 heterocycles. The number of hydrogen-bond donors (Lipinski definition) is 2. The Bertz CT molecular complexity index is 457. The number of rotatable bonds is 5.